The number of aromatic nitrogens is 1. The van der Waals surface area contributed by atoms with Crippen molar-refractivity contribution >= 4 is 40.7 Å². The zero-order valence-corrected chi connectivity index (χ0v) is 22.3. The number of carbonyl (C=O) groups excluding carboxylic acids is 1. The van der Waals surface area contributed by atoms with Crippen LogP contribution in [0.1, 0.15) is 41.1 Å². The molecular weight excluding hydrogens is 500 g/mol. The Labute approximate surface area is 226 Å². The number of nitrogens with one attached hydrogen (secondary N) is 2. The van der Waals surface area contributed by atoms with Crippen LogP contribution in [0.15, 0.2) is 99.5 Å². The van der Waals surface area contributed by atoms with Crippen molar-refractivity contribution in [3.05, 3.63) is 108 Å². The number of nitrogens with zero attached hydrogens (tertiary/aromatic N) is 2. The molecule has 0 radical (unpaired) electrons. The highest BCUT2D eigenvalue weighted by molar-refractivity contribution is 7.99. The van der Waals surface area contributed by atoms with Crippen LogP contribution in [0.4, 0.5) is 5.69 Å². The topological polar surface area (TPSA) is 70.4 Å². The second-order valence-corrected chi connectivity index (χ2v) is 10.5. The quantitative estimate of drug-likeness (QED) is 0.255. The number of aryl methyl sites for hydroxylation is 2. The predicted molar refractivity (Wildman–Crippen MR) is 151 cm³/mol. The predicted octanol–water partition coefficient (Wildman–Crippen LogP) is 6.44. The van der Waals surface area contributed by atoms with Crippen LogP contribution in [0.2, 0.25) is 0 Å². The molecular formula is C29H28N4O2S2. The maximum Gasteiger partial charge on any atom is 0.226 e. The molecule has 2 atom stereocenters. The van der Waals surface area contributed by atoms with Gasteiger partial charge >= 0.3 is 0 Å². The number of carbonyl (C=O) groups is 1. The minimum atomic E-state index is -0.235. The summed E-state index contributed by atoms with van der Waals surface area (Å²) in [6, 6.07) is 25.5. The zero-order chi connectivity index (χ0) is 25.8. The van der Waals surface area contributed by atoms with E-state index in [0.29, 0.717) is 11.7 Å². The third-order valence-corrected chi connectivity index (χ3v) is 7.58. The third kappa shape index (κ3) is 5.87. The van der Waals surface area contributed by atoms with Gasteiger partial charge in [0.1, 0.15) is 11.8 Å². The number of hydrogen-bond donors (Lipinski definition) is 2. The van der Waals surface area contributed by atoms with E-state index in [1.165, 1.54) is 0 Å². The lowest BCUT2D eigenvalue weighted by Gasteiger charge is -2.25. The number of anilines is 1. The number of benzene rings is 2. The monoisotopic (exact) mass is 528 g/mol. The fraction of sp³-hybridized carbons (Fsp3) is 0.207. The van der Waals surface area contributed by atoms with Gasteiger partial charge in [-0.2, -0.15) is 0 Å². The van der Waals surface area contributed by atoms with E-state index in [0.717, 1.165) is 38.3 Å². The van der Waals surface area contributed by atoms with Crippen molar-refractivity contribution < 1.29 is 9.21 Å². The summed E-state index contributed by atoms with van der Waals surface area (Å²) in [6.07, 6.45) is 2.06. The van der Waals surface area contributed by atoms with Crippen molar-refractivity contribution in [3.63, 3.8) is 0 Å². The summed E-state index contributed by atoms with van der Waals surface area (Å²) in [7, 11) is 0. The molecule has 1 amide bonds. The van der Waals surface area contributed by atoms with Crippen molar-refractivity contribution in [2.75, 3.05) is 11.9 Å². The van der Waals surface area contributed by atoms with Crippen LogP contribution in [-0.2, 0) is 4.79 Å². The van der Waals surface area contributed by atoms with E-state index in [1.54, 1.807) is 18.0 Å². The molecule has 1 aliphatic heterocycles. The van der Waals surface area contributed by atoms with Gasteiger partial charge < -0.3 is 20.0 Å². The molecule has 1 fully saturated rings. The van der Waals surface area contributed by atoms with E-state index in [9.17, 15) is 4.79 Å². The van der Waals surface area contributed by atoms with Gasteiger partial charge in [0, 0.05) is 29.7 Å². The third-order valence-electron chi connectivity index (χ3n) is 6.30. The van der Waals surface area contributed by atoms with E-state index < -0.39 is 0 Å². The Kier molecular flexibility index (Phi) is 7.58. The summed E-state index contributed by atoms with van der Waals surface area (Å²) < 4.78 is 6.33. The van der Waals surface area contributed by atoms with E-state index >= 15 is 0 Å². The van der Waals surface area contributed by atoms with Gasteiger partial charge in [0.25, 0.3) is 0 Å². The van der Waals surface area contributed by atoms with Crippen LogP contribution < -0.4 is 10.6 Å². The fourth-order valence-electron chi connectivity index (χ4n) is 4.41. The smallest absolute Gasteiger partial charge is 0.226 e. The first-order valence-corrected chi connectivity index (χ1v) is 13.4. The molecule has 6 nitrogen and oxygen atoms in total. The molecule has 2 aromatic heterocycles. The Balaban J connectivity index is 1.36. The molecule has 5 rings (SSSR count). The highest BCUT2D eigenvalue weighted by Crippen LogP contribution is 2.41. The van der Waals surface area contributed by atoms with Crippen molar-refractivity contribution in [1.82, 2.24) is 15.2 Å². The molecule has 188 valence electrons. The van der Waals surface area contributed by atoms with Crippen molar-refractivity contribution in [3.8, 4) is 0 Å². The molecule has 1 saturated heterocycles. The molecule has 0 aliphatic carbocycles. The van der Waals surface area contributed by atoms with E-state index in [-0.39, 0.29) is 24.4 Å². The number of hydrogen-bond acceptors (Lipinski definition) is 5. The van der Waals surface area contributed by atoms with Crippen LogP contribution in [0.5, 0.6) is 0 Å². The molecule has 8 heteroatoms. The maximum absolute atomic E-state index is 12.9. The number of furan rings is 1. The lowest BCUT2D eigenvalue weighted by molar-refractivity contribution is -0.116. The second kappa shape index (κ2) is 11.2. The molecule has 2 unspecified atom stereocenters. The number of amides is 1. The van der Waals surface area contributed by atoms with Crippen molar-refractivity contribution in [1.29, 1.82) is 0 Å². The molecule has 4 aromatic rings. The van der Waals surface area contributed by atoms with Gasteiger partial charge in [-0.05, 0) is 79.7 Å². The van der Waals surface area contributed by atoms with Gasteiger partial charge in [-0.15, -0.1) is 0 Å². The molecule has 2 aromatic carbocycles. The van der Waals surface area contributed by atoms with Gasteiger partial charge in [-0.25, -0.2) is 0 Å². The largest absolute Gasteiger partial charge is 0.452 e. The highest BCUT2D eigenvalue weighted by Gasteiger charge is 2.41. The molecule has 1 aliphatic rings. The summed E-state index contributed by atoms with van der Waals surface area (Å²) in [6.45, 7) is 4.45. The summed E-state index contributed by atoms with van der Waals surface area (Å²) in [5, 5.41) is 7.84. The second-order valence-electron chi connectivity index (χ2n) is 9.01. The first-order valence-electron chi connectivity index (χ1n) is 12.2. The summed E-state index contributed by atoms with van der Waals surface area (Å²) in [5.41, 5.74) is 3.84. The van der Waals surface area contributed by atoms with Crippen LogP contribution in [0.3, 0.4) is 0 Å². The first-order chi connectivity index (χ1) is 18.0. The molecule has 0 spiro atoms. The highest BCUT2D eigenvalue weighted by atomic mass is 32.2. The standard InChI is InChI=1S/C29H28N4O2S2/c1-19-11-12-20(2)23(18-19)31-25(34)15-17-33-28(27(32-29(33)36)22-10-6-7-16-30-22)24-13-14-26(35-24)37-21-8-4-3-5-9-21/h3-14,16,18,27-28H,15,17H2,1-2H3,(H,31,34)(H,32,36). The van der Waals surface area contributed by atoms with Crippen LogP contribution in [-0.4, -0.2) is 27.4 Å². The Hall–Kier alpha value is -3.62. The van der Waals surface area contributed by atoms with Crippen LogP contribution >= 0.6 is 24.0 Å². The van der Waals surface area contributed by atoms with Gasteiger partial charge in [-0.1, -0.05) is 48.2 Å². The summed E-state index contributed by atoms with van der Waals surface area (Å²) in [4.78, 5) is 20.6. The molecule has 0 saturated carbocycles. The van der Waals surface area contributed by atoms with E-state index in [4.69, 9.17) is 16.6 Å². The van der Waals surface area contributed by atoms with E-state index in [1.807, 2.05) is 85.5 Å². The summed E-state index contributed by atoms with van der Waals surface area (Å²) >= 11 is 7.30. The van der Waals surface area contributed by atoms with Crippen molar-refractivity contribution in [2.24, 2.45) is 0 Å². The molecule has 0 bridgehead atoms. The fourth-order valence-corrected chi connectivity index (χ4v) is 5.54. The number of thiocarbonyl (C=S) groups is 1. The van der Waals surface area contributed by atoms with E-state index in [2.05, 4.69) is 27.8 Å². The average Bonchev–Trinajstić information content (AvgIpc) is 3.49. The molecule has 37 heavy (non-hydrogen) atoms. The number of pyridine rings is 1. The molecule has 3 heterocycles. The molecule has 2 N–H and O–H groups in total. The van der Waals surface area contributed by atoms with Gasteiger partial charge in [0.2, 0.25) is 5.91 Å². The van der Waals surface area contributed by atoms with Crippen molar-refractivity contribution in [2.45, 2.75) is 42.3 Å². The van der Waals surface area contributed by atoms with Gasteiger partial charge in [0.15, 0.2) is 10.2 Å². The Bertz CT molecular complexity index is 1390. The van der Waals surface area contributed by atoms with Gasteiger partial charge in [0.05, 0.1) is 11.7 Å². The van der Waals surface area contributed by atoms with Gasteiger partial charge in [-0.3, -0.25) is 9.78 Å². The van der Waals surface area contributed by atoms with Crippen LogP contribution in [0, 0.1) is 13.8 Å². The minimum Gasteiger partial charge on any atom is -0.452 e. The Morgan fingerprint density at radius 3 is 2.68 bits per heavy atom. The zero-order valence-electron chi connectivity index (χ0n) is 20.7. The lowest BCUT2D eigenvalue weighted by Crippen LogP contribution is -2.32. The maximum atomic E-state index is 12.9. The normalized spacial score (nSPS) is 17.0. The minimum absolute atomic E-state index is 0.0590. The van der Waals surface area contributed by atoms with Crippen LogP contribution in [0.25, 0.3) is 0 Å². The SMILES string of the molecule is Cc1ccc(C)c(NC(=O)CCN2C(=S)NC(c3ccccn3)C2c2ccc(Sc3ccccc3)o2)c1. The average molecular weight is 529 g/mol. The lowest BCUT2D eigenvalue weighted by atomic mass is 10.0. The Morgan fingerprint density at radius 1 is 1.08 bits per heavy atom. The first kappa shape index (κ1) is 25.0. The number of rotatable bonds is 8. The Morgan fingerprint density at radius 2 is 1.89 bits per heavy atom. The summed E-state index contributed by atoms with van der Waals surface area (Å²) in [5.74, 6) is 0.715.